The molecule has 5 rings (SSSR count). The smallest absolute Gasteiger partial charge is 0.246 e. The summed E-state index contributed by atoms with van der Waals surface area (Å²) >= 11 is 0. The zero-order valence-corrected chi connectivity index (χ0v) is 20.6. The first kappa shape index (κ1) is 24.8. The largest absolute Gasteiger partial charge is 0.487 e. The molecular weight excluding hydrogens is 478 g/mol. The van der Waals surface area contributed by atoms with Crippen LogP contribution in [0.1, 0.15) is 12.8 Å². The molecule has 12 heteroatoms. The van der Waals surface area contributed by atoms with Gasteiger partial charge in [-0.2, -0.15) is 15.1 Å². The van der Waals surface area contributed by atoms with E-state index in [1.165, 1.54) is 6.08 Å². The first-order valence-corrected chi connectivity index (χ1v) is 12.4. The van der Waals surface area contributed by atoms with Crippen LogP contribution in [0.4, 0.5) is 17.5 Å². The summed E-state index contributed by atoms with van der Waals surface area (Å²) in [6.07, 6.45) is 4.86. The Morgan fingerprint density at radius 3 is 2.68 bits per heavy atom. The number of benzene rings is 1. The van der Waals surface area contributed by atoms with Crippen LogP contribution in [0.2, 0.25) is 0 Å². The maximum absolute atomic E-state index is 12.1. The Morgan fingerprint density at radius 2 is 1.86 bits per heavy atom. The highest BCUT2D eigenvalue weighted by Gasteiger charge is 2.23. The topological polar surface area (TPSA) is 136 Å². The van der Waals surface area contributed by atoms with E-state index in [-0.39, 0.29) is 11.9 Å². The maximum atomic E-state index is 12.1. The Morgan fingerprint density at radius 1 is 1.08 bits per heavy atom. The third-order valence-electron chi connectivity index (χ3n) is 6.10. The summed E-state index contributed by atoms with van der Waals surface area (Å²) in [7, 11) is 0. The molecule has 0 unspecified atom stereocenters. The van der Waals surface area contributed by atoms with Gasteiger partial charge in [-0.25, -0.2) is 0 Å². The molecule has 0 bridgehead atoms. The van der Waals surface area contributed by atoms with Crippen LogP contribution in [0.15, 0.2) is 37.1 Å². The number of H-pyrrole nitrogens is 1. The maximum Gasteiger partial charge on any atom is 0.246 e. The molecule has 1 amide bonds. The number of amides is 1. The van der Waals surface area contributed by atoms with E-state index in [1.54, 1.807) is 11.1 Å². The molecule has 3 N–H and O–H groups in total. The van der Waals surface area contributed by atoms with Crippen molar-refractivity contribution in [3.63, 3.8) is 0 Å². The summed E-state index contributed by atoms with van der Waals surface area (Å²) in [5, 5.41) is 14.6. The second-order valence-electron chi connectivity index (χ2n) is 8.71. The van der Waals surface area contributed by atoms with Crippen LogP contribution in [0.25, 0.3) is 11.0 Å². The summed E-state index contributed by atoms with van der Waals surface area (Å²) in [6, 6.07) is 5.60. The second-order valence-corrected chi connectivity index (χ2v) is 8.71. The second kappa shape index (κ2) is 11.9. The molecule has 0 saturated carbocycles. The fourth-order valence-electron chi connectivity index (χ4n) is 4.31. The van der Waals surface area contributed by atoms with Gasteiger partial charge in [0.1, 0.15) is 19.0 Å². The highest BCUT2D eigenvalue weighted by molar-refractivity contribution is 5.88. The highest BCUT2D eigenvalue weighted by Crippen LogP contribution is 2.32. The van der Waals surface area contributed by atoms with E-state index >= 15 is 0 Å². The predicted octanol–water partition coefficient (Wildman–Crippen LogP) is 2.49. The lowest BCUT2D eigenvalue weighted by molar-refractivity contribution is -0.127. The molecule has 0 radical (unpaired) electrons. The average Bonchev–Trinajstić information content (AvgIpc) is 3.38. The highest BCUT2D eigenvalue weighted by atomic mass is 16.6. The summed E-state index contributed by atoms with van der Waals surface area (Å²) in [5.74, 6) is 2.18. The van der Waals surface area contributed by atoms with Crippen molar-refractivity contribution >= 4 is 34.4 Å². The van der Waals surface area contributed by atoms with E-state index in [1.807, 2.05) is 18.2 Å². The quantitative estimate of drug-likeness (QED) is 0.440. The summed E-state index contributed by atoms with van der Waals surface area (Å²) < 4.78 is 22.8. The van der Waals surface area contributed by atoms with Crippen LogP contribution >= 0.6 is 0 Å². The molecule has 2 aromatic heterocycles. The monoisotopic (exact) mass is 509 g/mol. The van der Waals surface area contributed by atoms with E-state index in [4.69, 9.17) is 23.9 Å². The van der Waals surface area contributed by atoms with Gasteiger partial charge in [0.05, 0.1) is 38.0 Å². The van der Waals surface area contributed by atoms with E-state index in [0.717, 1.165) is 30.5 Å². The Hall–Kier alpha value is -3.90. The number of piperidine rings is 1. The molecule has 12 nitrogen and oxygen atoms in total. The van der Waals surface area contributed by atoms with Crippen LogP contribution in [0.5, 0.6) is 11.5 Å². The van der Waals surface area contributed by atoms with Gasteiger partial charge in [0, 0.05) is 30.9 Å². The summed E-state index contributed by atoms with van der Waals surface area (Å²) in [4.78, 5) is 23.2. The van der Waals surface area contributed by atoms with Crippen LogP contribution in [-0.2, 0) is 14.3 Å². The van der Waals surface area contributed by atoms with Gasteiger partial charge in [0.25, 0.3) is 0 Å². The molecule has 0 spiro atoms. The molecule has 2 aliphatic rings. The average molecular weight is 510 g/mol. The third-order valence-corrected chi connectivity index (χ3v) is 6.10. The van der Waals surface area contributed by atoms with Crippen LogP contribution in [0.3, 0.4) is 0 Å². The van der Waals surface area contributed by atoms with Crippen molar-refractivity contribution in [1.29, 1.82) is 0 Å². The molecular formula is C25H31N7O5. The predicted molar refractivity (Wildman–Crippen MR) is 137 cm³/mol. The standard InChI is InChI=1S/C25H31N7O5/c1-2-22(33)32-7-3-4-18(16-32)27-23-19-15-26-31-24(19)30-25(29-23)28-17-5-6-20-21(14-17)37-13-11-35-9-8-34-10-12-36-20/h2,5-6,14-15,18H,1,3-4,7-13,16H2,(H3,26,27,28,29,30,31)/t18-/m0/s1. The number of carbonyl (C=O) groups is 1. The number of rotatable bonds is 5. The number of hydrogen-bond acceptors (Lipinski definition) is 10. The van der Waals surface area contributed by atoms with Gasteiger partial charge in [0.15, 0.2) is 17.1 Å². The van der Waals surface area contributed by atoms with Gasteiger partial charge in [-0.15, -0.1) is 0 Å². The Labute approximate surface area is 214 Å². The Bertz CT molecular complexity index is 1230. The SMILES string of the molecule is C=CC(=O)N1CCC[C@H](Nc2nc(Nc3ccc4c(c3)OCCOCCOCCO4)nc3[nH]ncc23)C1. The van der Waals surface area contributed by atoms with Crippen LogP contribution in [-0.4, -0.2) is 89.7 Å². The first-order chi connectivity index (χ1) is 18.2. The molecule has 196 valence electrons. The van der Waals surface area contributed by atoms with Gasteiger partial charge < -0.3 is 34.5 Å². The molecule has 1 aromatic carbocycles. The Kier molecular flexibility index (Phi) is 7.96. The number of carbonyl (C=O) groups excluding carboxylic acids is 1. The van der Waals surface area contributed by atoms with Gasteiger partial charge in [0.2, 0.25) is 11.9 Å². The zero-order valence-electron chi connectivity index (χ0n) is 20.6. The number of likely N-dealkylation sites (tertiary alicyclic amines) is 1. The fourth-order valence-corrected chi connectivity index (χ4v) is 4.31. The molecule has 2 aliphatic heterocycles. The molecule has 1 atom stereocenters. The molecule has 4 heterocycles. The molecule has 3 aromatic rings. The fraction of sp³-hybridized carbons (Fsp3) is 0.440. The van der Waals surface area contributed by atoms with Crippen molar-refractivity contribution in [2.45, 2.75) is 18.9 Å². The number of hydrogen-bond donors (Lipinski definition) is 3. The van der Waals surface area contributed by atoms with Gasteiger partial charge in [-0.05, 0) is 31.1 Å². The lowest BCUT2D eigenvalue weighted by Gasteiger charge is -2.32. The van der Waals surface area contributed by atoms with E-state index < -0.39 is 0 Å². The van der Waals surface area contributed by atoms with Crippen molar-refractivity contribution in [3.05, 3.63) is 37.1 Å². The third kappa shape index (κ3) is 6.27. The number of fused-ring (bicyclic) bond motifs is 2. The minimum absolute atomic E-state index is 0.0491. The summed E-state index contributed by atoms with van der Waals surface area (Å²) in [5.41, 5.74) is 1.33. The van der Waals surface area contributed by atoms with Crippen molar-refractivity contribution in [3.8, 4) is 11.5 Å². The number of nitrogens with one attached hydrogen (secondary N) is 3. The Balaban J connectivity index is 1.34. The lowest BCUT2D eigenvalue weighted by atomic mass is 10.1. The van der Waals surface area contributed by atoms with Gasteiger partial charge in [-0.3, -0.25) is 9.89 Å². The van der Waals surface area contributed by atoms with Gasteiger partial charge >= 0.3 is 0 Å². The number of anilines is 3. The molecule has 0 aliphatic carbocycles. The minimum atomic E-state index is -0.0632. The number of nitrogens with zero attached hydrogens (tertiary/aromatic N) is 4. The van der Waals surface area contributed by atoms with E-state index in [0.29, 0.717) is 75.1 Å². The number of aromatic nitrogens is 4. The number of aromatic amines is 1. The number of ether oxygens (including phenoxy) is 4. The van der Waals surface area contributed by atoms with Crippen LogP contribution < -0.4 is 20.1 Å². The first-order valence-electron chi connectivity index (χ1n) is 12.4. The van der Waals surface area contributed by atoms with Crippen molar-refractivity contribution in [1.82, 2.24) is 25.1 Å². The molecule has 1 saturated heterocycles. The normalized spacial score (nSPS) is 18.9. The molecule has 37 heavy (non-hydrogen) atoms. The van der Waals surface area contributed by atoms with E-state index in [2.05, 4.69) is 32.4 Å². The lowest BCUT2D eigenvalue weighted by Crippen LogP contribution is -2.44. The minimum Gasteiger partial charge on any atom is -0.487 e. The van der Waals surface area contributed by atoms with Crippen LogP contribution in [0, 0.1) is 0 Å². The summed E-state index contributed by atoms with van der Waals surface area (Å²) in [6.45, 7) is 7.67. The zero-order chi connectivity index (χ0) is 25.5. The molecule has 1 fully saturated rings. The van der Waals surface area contributed by atoms with Crippen molar-refractivity contribution < 1.29 is 23.7 Å². The van der Waals surface area contributed by atoms with E-state index in [9.17, 15) is 4.79 Å². The van der Waals surface area contributed by atoms with Gasteiger partial charge in [-0.1, -0.05) is 6.58 Å². The van der Waals surface area contributed by atoms with Crippen molar-refractivity contribution in [2.75, 3.05) is 63.4 Å². The van der Waals surface area contributed by atoms with Crippen molar-refractivity contribution in [2.24, 2.45) is 0 Å².